The predicted octanol–water partition coefficient (Wildman–Crippen LogP) is 4.18. The molecule has 1 amide bonds. The quantitative estimate of drug-likeness (QED) is 0.531. The van der Waals surface area contributed by atoms with Gasteiger partial charge in [-0.3, -0.25) is 4.79 Å². The summed E-state index contributed by atoms with van der Waals surface area (Å²) in [5.74, 6) is 0.816. The lowest BCUT2D eigenvalue weighted by molar-refractivity contribution is -0.115. The second-order valence-corrected chi connectivity index (χ2v) is 8.05. The Hall–Kier alpha value is -2.79. The standard InChI is InChI=1S/C24H30N4O/c1-18-11-14-28(15-12-18)21-8-6-20(7-9-21)27-24(29)17-25-13-10-19-16-26-23-5-3-2-4-22(19)23/h2-9,16,18,25-26H,10-15,17H2,1H3,(H,27,29). The molecule has 5 heteroatoms. The molecule has 5 nitrogen and oxygen atoms in total. The van der Waals surface area contributed by atoms with Crippen LogP contribution < -0.4 is 15.5 Å². The Kier molecular flexibility index (Phi) is 6.15. The maximum Gasteiger partial charge on any atom is 0.238 e. The lowest BCUT2D eigenvalue weighted by Gasteiger charge is -2.32. The van der Waals surface area contributed by atoms with E-state index in [-0.39, 0.29) is 5.91 Å². The number of hydrogen-bond donors (Lipinski definition) is 3. The fraction of sp³-hybridized carbons (Fsp3) is 0.375. The third-order valence-electron chi connectivity index (χ3n) is 5.83. The van der Waals surface area contributed by atoms with Gasteiger partial charge in [0.15, 0.2) is 0 Å². The molecule has 1 aliphatic rings. The Bertz CT molecular complexity index is 939. The van der Waals surface area contributed by atoms with Crippen molar-refractivity contribution < 1.29 is 4.79 Å². The summed E-state index contributed by atoms with van der Waals surface area (Å²) in [4.78, 5) is 17.9. The lowest BCUT2D eigenvalue weighted by Crippen LogP contribution is -2.32. The van der Waals surface area contributed by atoms with Gasteiger partial charge in [0.05, 0.1) is 6.54 Å². The van der Waals surface area contributed by atoms with Crippen LogP contribution in [0.3, 0.4) is 0 Å². The van der Waals surface area contributed by atoms with Crippen LogP contribution in [0.15, 0.2) is 54.7 Å². The van der Waals surface area contributed by atoms with Crippen molar-refractivity contribution in [2.75, 3.05) is 36.4 Å². The van der Waals surface area contributed by atoms with Gasteiger partial charge >= 0.3 is 0 Å². The summed E-state index contributed by atoms with van der Waals surface area (Å²) < 4.78 is 0. The average Bonchev–Trinajstić information content (AvgIpc) is 3.16. The molecule has 0 unspecified atom stereocenters. The van der Waals surface area contributed by atoms with Crippen LogP contribution in [0.1, 0.15) is 25.3 Å². The van der Waals surface area contributed by atoms with E-state index in [1.54, 1.807) is 0 Å². The minimum atomic E-state index is -0.0107. The fourth-order valence-corrected chi connectivity index (χ4v) is 3.99. The monoisotopic (exact) mass is 390 g/mol. The number of hydrogen-bond acceptors (Lipinski definition) is 3. The second kappa shape index (κ2) is 9.14. The van der Waals surface area contributed by atoms with E-state index in [4.69, 9.17) is 0 Å². The third kappa shape index (κ3) is 4.98. The topological polar surface area (TPSA) is 60.2 Å². The molecule has 3 aromatic rings. The molecular formula is C24H30N4O. The molecule has 0 aliphatic carbocycles. The highest BCUT2D eigenvalue weighted by atomic mass is 16.1. The van der Waals surface area contributed by atoms with E-state index in [2.05, 4.69) is 64.0 Å². The van der Waals surface area contributed by atoms with Gasteiger partial charge in [-0.05, 0) is 67.6 Å². The summed E-state index contributed by atoms with van der Waals surface area (Å²) in [5, 5.41) is 7.47. The second-order valence-electron chi connectivity index (χ2n) is 8.05. The van der Waals surface area contributed by atoms with Gasteiger partial charge in [-0.1, -0.05) is 25.1 Å². The van der Waals surface area contributed by atoms with Crippen molar-refractivity contribution in [2.45, 2.75) is 26.2 Å². The molecule has 2 heterocycles. The van der Waals surface area contributed by atoms with Crippen LogP contribution in [0.5, 0.6) is 0 Å². The van der Waals surface area contributed by atoms with Crippen LogP contribution in [-0.4, -0.2) is 37.1 Å². The number of carbonyl (C=O) groups excluding carboxylic acids is 1. The molecule has 0 bridgehead atoms. The first kappa shape index (κ1) is 19.5. The zero-order chi connectivity index (χ0) is 20.1. The Morgan fingerprint density at radius 2 is 1.86 bits per heavy atom. The Morgan fingerprint density at radius 1 is 1.10 bits per heavy atom. The number of aromatic nitrogens is 1. The van der Waals surface area contributed by atoms with E-state index in [9.17, 15) is 4.79 Å². The van der Waals surface area contributed by atoms with Gasteiger partial charge in [0.25, 0.3) is 0 Å². The van der Waals surface area contributed by atoms with Crippen LogP contribution in [0, 0.1) is 5.92 Å². The first-order valence-corrected chi connectivity index (χ1v) is 10.6. The van der Waals surface area contributed by atoms with Gasteiger partial charge in [0.2, 0.25) is 5.91 Å². The molecule has 3 N–H and O–H groups in total. The molecular weight excluding hydrogens is 360 g/mol. The van der Waals surface area contributed by atoms with E-state index >= 15 is 0 Å². The highest BCUT2D eigenvalue weighted by Crippen LogP contribution is 2.24. The Morgan fingerprint density at radius 3 is 2.66 bits per heavy atom. The van der Waals surface area contributed by atoms with Crippen LogP contribution >= 0.6 is 0 Å². The molecule has 0 atom stereocenters. The number of fused-ring (bicyclic) bond motifs is 1. The van der Waals surface area contributed by atoms with Crippen LogP contribution in [0.25, 0.3) is 10.9 Å². The molecule has 2 aromatic carbocycles. The summed E-state index contributed by atoms with van der Waals surface area (Å²) in [6.45, 7) is 5.64. The largest absolute Gasteiger partial charge is 0.372 e. The number of para-hydroxylation sites is 1. The first-order valence-electron chi connectivity index (χ1n) is 10.6. The highest BCUT2D eigenvalue weighted by Gasteiger charge is 2.15. The molecule has 4 rings (SSSR count). The molecule has 29 heavy (non-hydrogen) atoms. The number of nitrogens with one attached hydrogen (secondary N) is 3. The number of rotatable bonds is 7. The van der Waals surface area contributed by atoms with E-state index in [0.717, 1.165) is 43.2 Å². The van der Waals surface area contributed by atoms with Crippen molar-refractivity contribution in [2.24, 2.45) is 5.92 Å². The molecule has 0 radical (unpaired) electrons. The molecule has 1 aromatic heterocycles. The van der Waals surface area contributed by atoms with Gasteiger partial charge in [0.1, 0.15) is 0 Å². The van der Waals surface area contributed by atoms with Crippen molar-refractivity contribution >= 4 is 28.2 Å². The van der Waals surface area contributed by atoms with E-state index in [1.807, 2.05) is 18.2 Å². The normalized spacial score (nSPS) is 15.0. The number of H-pyrrole nitrogens is 1. The molecule has 152 valence electrons. The van der Waals surface area contributed by atoms with Gasteiger partial charge in [-0.25, -0.2) is 0 Å². The Balaban J connectivity index is 1.20. The minimum absolute atomic E-state index is 0.0107. The van der Waals surface area contributed by atoms with Crippen molar-refractivity contribution in [3.8, 4) is 0 Å². The number of nitrogens with zero attached hydrogens (tertiary/aromatic N) is 1. The summed E-state index contributed by atoms with van der Waals surface area (Å²) in [5.41, 5.74) is 4.52. The first-order chi connectivity index (χ1) is 14.2. The number of amides is 1. The van der Waals surface area contributed by atoms with Gasteiger partial charge in [0, 0.05) is 41.6 Å². The summed E-state index contributed by atoms with van der Waals surface area (Å²) in [7, 11) is 0. The van der Waals surface area contributed by atoms with Gasteiger partial charge in [-0.2, -0.15) is 0 Å². The van der Waals surface area contributed by atoms with E-state index < -0.39 is 0 Å². The minimum Gasteiger partial charge on any atom is -0.372 e. The van der Waals surface area contributed by atoms with Gasteiger partial charge < -0.3 is 20.5 Å². The smallest absolute Gasteiger partial charge is 0.238 e. The zero-order valence-corrected chi connectivity index (χ0v) is 17.1. The average molecular weight is 391 g/mol. The SMILES string of the molecule is CC1CCN(c2ccc(NC(=O)CNCCc3c[nH]c4ccccc34)cc2)CC1. The molecule has 1 aliphatic heterocycles. The number of benzene rings is 2. The molecule has 1 saturated heterocycles. The maximum absolute atomic E-state index is 12.2. The number of anilines is 2. The molecule has 1 fully saturated rings. The van der Waals surface area contributed by atoms with Crippen LogP contribution in [0.4, 0.5) is 11.4 Å². The maximum atomic E-state index is 12.2. The van der Waals surface area contributed by atoms with Crippen LogP contribution in [-0.2, 0) is 11.2 Å². The molecule has 0 spiro atoms. The third-order valence-corrected chi connectivity index (χ3v) is 5.83. The van der Waals surface area contributed by atoms with Crippen LogP contribution in [0.2, 0.25) is 0 Å². The summed E-state index contributed by atoms with van der Waals surface area (Å²) in [6.07, 6.45) is 5.45. The number of aromatic amines is 1. The number of carbonyl (C=O) groups is 1. The van der Waals surface area contributed by atoms with Gasteiger partial charge in [-0.15, -0.1) is 0 Å². The Labute approximate surface area is 172 Å². The lowest BCUT2D eigenvalue weighted by atomic mass is 9.99. The van der Waals surface area contributed by atoms with Crippen molar-refractivity contribution in [3.63, 3.8) is 0 Å². The van der Waals surface area contributed by atoms with E-state index in [0.29, 0.717) is 6.54 Å². The van der Waals surface area contributed by atoms with Crippen molar-refractivity contribution in [1.82, 2.24) is 10.3 Å². The van der Waals surface area contributed by atoms with Crippen molar-refractivity contribution in [1.29, 1.82) is 0 Å². The zero-order valence-electron chi connectivity index (χ0n) is 17.1. The highest BCUT2D eigenvalue weighted by molar-refractivity contribution is 5.92. The van der Waals surface area contributed by atoms with E-state index in [1.165, 1.54) is 29.5 Å². The predicted molar refractivity (Wildman–Crippen MR) is 121 cm³/mol. The number of piperidine rings is 1. The fourth-order valence-electron chi connectivity index (χ4n) is 3.99. The molecule has 0 saturated carbocycles. The summed E-state index contributed by atoms with van der Waals surface area (Å²) in [6, 6.07) is 16.5. The van der Waals surface area contributed by atoms with Crippen molar-refractivity contribution in [3.05, 3.63) is 60.3 Å². The summed E-state index contributed by atoms with van der Waals surface area (Å²) >= 11 is 0.